The molecule has 0 aliphatic rings. The van der Waals surface area contributed by atoms with E-state index in [1.807, 2.05) is 75.4 Å². The minimum Gasteiger partial charge on any atom is -0.354 e. The molecule has 2 amide bonds. The number of rotatable bonds is 13. The summed E-state index contributed by atoms with van der Waals surface area (Å²) in [6.07, 6.45) is 0.245. The first-order chi connectivity index (χ1) is 21.5. The number of carbonyl (C=O) groups is 2. The molecule has 0 saturated heterocycles. The van der Waals surface area contributed by atoms with E-state index in [1.165, 1.54) is 17.0 Å². The molecule has 1 N–H and O–H groups in total. The van der Waals surface area contributed by atoms with Gasteiger partial charge in [0, 0.05) is 29.0 Å². The molecule has 7 nitrogen and oxygen atoms in total. The number of hydrogen-bond acceptors (Lipinski definition) is 4. The van der Waals surface area contributed by atoms with E-state index in [0.717, 1.165) is 25.5 Å². The number of hydrogen-bond donors (Lipinski definition) is 1. The standard InChI is InChI=1S/C35H37BrClN3O4S/c1-25(2)22-38-35(42)33(20-27-10-6-4-7-11-27)39(23-28-15-17-29(36)18-16-28)34(41)24-40(30-19-14-26(3)32(37)21-30)45(43,44)31-12-8-5-9-13-31/h4-19,21,25,33H,20,22-24H2,1-3H3,(H,38,42)/t33-/m0/s1. The van der Waals surface area contributed by atoms with Crippen molar-refractivity contribution in [2.75, 3.05) is 17.4 Å². The van der Waals surface area contributed by atoms with Crippen molar-refractivity contribution in [1.82, 2.24) is 10.2 Å². The highest BCUT2D eigenvalue weighted by Gasteiger charge is 2.34. The molecule has 0 radical (unpaired) electrons. The third-order valence-corrected chi connectivity index (χ3v) is 10.00. The number of benzene rings is 4. The Morgan fingerprint density at radius 2 is 1.49 bits per heavy atom. The van der Waals surface area contributed by atoms with Gasteiger partial charge in [0.1, 0.15) is 12.6 Å². The van der Waals surface area contributed by atoms with E-state index >= 15 is 0 Å². The number of sulfonamides is 1. The summed E-state index contributed by atoms with van der Waals surface area (Å²) in [5, 5.41) is 3.37. The van der Waals surface area contributed by atoms with Crippen molar-refractivity contribution >= 4 is 55.1 Å². The lowest BCUT2D eigenvalue weighted by molar-refractivity contribution is -0.140. The molecule has 0 aromatic heterocycles. The van der Waals surface area contributed by atoms with Crippen LogP contribution in [0.4, 0.5) is 5.69 Å². The van der Waals surface area contributed by atoms with Gasteiger partial charge in [-0.3, -0.25) is 13.9 Å². The summed E-state index contributed by atoms with van der Waals surface area (Å²) >= 11 is 9.90. The molecule has 4 aromatic carbocycles. The van der Waals surface area contributed by atoms with Crippen molar-refractivity contribution in [1.29, 1.82) is 0 Å². The van der Waals surface area contributed by atoms with Crippen LogP contribution in [0.5, 0.6) is 0 Å². The summed E-state index contributed by atoms with van der Waals surface area (Å²) in [6.45, 7) is 5.78. The van der Waals surface area contributed by atoms with E-state index < -0.39 is 28.5 Å². The Labute approximate surface area is 279 Å². The van der Waals surface area contributed by atoms with E-state index in [0.29, 0.717) is 11.6 Å². The van der Waals surface area contributed by atoms with Gasteiger partial charge in [-0.15, -0.1) is 0 Å². The highest BCUT2D eigenvalue weighted by Crippen LogP contribution is 2.29. The number of nitrogens with one attached hydrogen (secondary N) is 1. The zero-order valence-corrected chi connectivity index (χ0v) is 28.6. The lowest BCUT2D eigenvalue weighted by Crippen LogP contribution is -2.53. The lowest BCUT2D eigenvalue weighted by Gasteiger charge is -2.34. The molecule has 0 heterocycles. The Bertz CT molecular complexity index is 1700. The second kappa shape index (κ2) is 15.6. The minimum atomic E-state index is -4.20. The fourth-order valence-electron chi connectivity index (χ4n) is 4.75. The molecule has 0 aliphatic carbocycles. The maximum absolute atomic E-state index is 14.5. The van der Waals surface area contributed by atoms with Crippen LogP contribution in [-0.2, 0) is 32.6 Å². The summed E-state index contributed by atoms with van der Waals surface area (Å²) in [4.78, 5) is 29.8. The zero-order valence-electron chi connectivity index (χ0n) is 25.5. The molecule has 4 rings (SSSR count). The first kappa shape index (κ1) is 34.2. The van der Waals surface area contributed by atoms with Crippen LogP contribution in [0, 0.1) is 12.8 Å². The number of anilines is 1. The zero-order chi connectivity index (χ0) is 32.6. The van der Waals surface area contributed by atoms with Crippen LogP contribution in [0.1, 0.15) is 30.5 Å². The number of aryl methyl sites for hydroxylation is 1. The largest absolute Gasteiger partial charge is 0.354 e. The molecular weight excluding hydrogens is 674 g/mol. The molecule has 0 bridgehead atoms. The van der Waals surface area contributed by atoms with Crippen LogP contribution in [-0.4, -0.2) is 44.3 Å². The topological polar surface area (TPSA) is 86.8 Å². The smallest absolute Gasteiger partial charge is 0.264 e. The van der Waals surface area contributed by atoms with E-state index in [2.05, 4.69) is 21.2 Å². The number of nitrogens with zero attached hydrogens (tertiary/aromatic N) is 2. The molecule has 4 aromatic rings. The normalized spacial score (nSPS) is 12.0. The number of halogens is 2. The monoisotopic (exact) mass is 709 g/mol. The van der Waals surface area contributed by atoms with Crippen LogP contribution < -0.4 is 9.62 Å². The maximum Gasteiger partial charge on any atom is 0.264 e. The van der Waals surface area contributed by atoms with Gasteiger partial charge >= 0.3 is 0 Å². The average molecular weight is 711 g/mol. The van der Waals surface area contributed by atoms with Crippen LogP contribution in [0.25, 0.3) is 0 Å². The van der Waals surface area contributed by atoms with Gasteiger partial charge in [-0.1, -0.05) is 108 Å². The Balaban J connectivity index is 1.80. The van der Waals surface area contributed by atoms with Crippen molar-refractivity contribution in [3.05, 3.63) is 129 Å². The Hall–Kier alpha value is -3.66. The van der Waals surface area contributed by atoms with Crippen LogP contribution in [0.3, 0.4) is 0 Å². The van der Waals surface area contributed by atoms with Crippen LogP contribution in [0.15, 0.2) is 112 Å². The minimum absolute atomic E-state index is 0.0319. The molecule has 236 valence electrons. The van der Waals surface area contributed by atoms with Crippen LogP contribution >= 0.6 is 27.5 Å². The predicted octanol–water partition coefficient (Wildman–Crippen LogP) is 7.02. The van der Waals surface area contributed by atoms with E-state index in [-0.39, 0.29) is 35.4 Å². The first-order valence-electron chi connectivity index (χ1n) is 14.6. The second-order valence-corrected chi connectivity index (χ2v) is 14.4. The molecular formula is C35H37BrClN3O4S. The van der Waals surface area contributed by atoms with Crippen molar-refractivity contribution in [3.8, 4) is 0 Å². The van der Waals surface area contributed by atoms with Gasteiger partial charge in [-0.05, 0) is 65.9 Å². The summed E-state index contributed by atoms with van der Waals surface area (Å²) in [6, 6.07) is 28.9. The molecule has 0 aliphatic heterocycles. The van der Waals surface area contributed by atoms with Crippen molar-refractivity contribution in [2.45, 2.75) is 44.7 Å². The van der Waals surface area contributed by atoms with Gasteiger partial charge in [0.05, 0.1) is 10.6 Å². The van der Waals surface area contributed by atoms with Gasteiger partial charge in [0.2, 0.25) is 11.8 Å². The molecule has 0 unspecified atom stereocenters. The Morgan fingerprint density at radius 3 is 2.09 bits per heavy atom. The third-order valence-electron chi connectivity index (χ3n) is 7.28. The van der Waals surface area contributed by atoms with Crippen molar-refractivity contribution in [2.24, 2.45) is 5.92 Å². The fraction of sp³-hybridized carbons (Fsp3) is 0.257. The van der Waals surface area contributed by atoms with E-state index in [4.69, 9.17) is 11.6 Å². The Kier molecular flexibility index (Phi) is 11.8. The Morgan fingerprint density at radius 1 is 0.867 bits per heavy atom. The second-order valence-electron chi connectivity index (χ2n) is 11.3. The quantitative estimate of drug-likeness (QED) is 0.162. The molecule has 45 heavy (non-hydrogen) atoms. The van der Waals surface area contributed by atoms with Crippen LogP contribution in [0.2, 0.25) is 5.02 Å². The molecule has 1 atom stereocenters. The van der Waals surface area contributed by atoms with Gasteiger partial charge in [0.15, 0.2) is 0 Å². The fourth-order valence-corrected chi connectivity index (χ4v) is 6.61. The van der Waals surface area contributed by atoms with Crippen molar-refractivity contribution in [3.63, 3.8) is 0 Å². The van der Waals surface area contributed by atoms with Gasteiger partial charge in [0.25, 0.3) is 10.0 Å². The molecule has 10 heteroatoms. The third kappa shape index (κ3) is 9.19. The molecule has 0 fully saturated rings. The average Bonchev–Trinajstić information content (AvgIpc) is 3.03. The van der Waals surface area contributed by atoms with E-state index in [9.17, 15) is 18.0 Å². The van der Waals surface area contributed by atoms with Gasteiger partial charge < -0.3 is 10.2 Å². The number of amides is 2. The van der Waals surface area contributed by atoms with Gasteiger partial charge in [-0.2, -0.15) is 0 Å². The first-order valence-corrected chi connectivity index (χ1v) is 17.3. The SMILES string of the molecule is Cc1ccc(N(CC(=O)N(Cc2ccc(Br)cc2)[C@@H](Cc2ccccc2)C(=O)NCC(C)C)S(=O)(=O)c2ccccc2)cc1Cl. The summed E-state index contributed by atoms with van der Waals surface area (Å²) in [5.74, 6) is -0.650. The summed E-state index contributed by atoms with van der Waals surface area (Å²) in [7, 11) is -4.20. The summed E-state index contributed by atoms with van der Waals surface area (Å²) < 4.78 is 30.1. The van der Waals surface area contributed by atoms with E-state index in [1.54, 1.807) is 36.4 Å². The highest BCUT2D eigenvalue weighted by molar-refractivity contribution is 9.10. The summed E-state index contributed by atoms with van der Waals surface area (Å²) in [5.41, 5.74) is 2.67. The number of carbonyl (C=O) groups excluding carboxylic acids is 2. The highest BCUT2D eigenvalue weighted by atomic mass is 79.9. The molecule has 0 saturated carbocycles. The predicted molar refractivity (Wildman–Crippen MR) is 184 cm³/mol. The maximum atomic E-state index is 14.5. The lowest BCUT2D eigenvalue weighted by atomic mass is 10.0. The molecule has 0 spiro atoms. The van der Waals surface area contributed by atoms with Gasteiger partial charge in [-0.25, -0.2) is 8.42 Å². The van der Waals surface area contributed by atoms with Crippen molar-refractivity contribution < 1.29 is 18.0 Å².